The first-order chi connectivity index (χ1) is 8.92. The molecule has 1 unspecified atom stereocenters. The monoisotopic (exact) mass is 237 g/mol. The molecule has 0 saturated heterocycles. The molecule has 3 heteroatoms. The smallest absolute Gasteiger partial charge is 0.115 e. The summed E-state index contributed by atoms with van der Waals surface area (Å²) in [5, 5.41) is 0. The second kappa shape index (κ2) is 3.89. The van der Waals surface area contributed by atoms with Crippen molar-refractivity contribution in [3.05, 3.63) is 59.2 Å². The van der Waals surface area contributed by atoms with Crippen LogP contribution in [0.4, 0.5) is 0 Å². The third-order valence-corrected chi connectivity index (χ3v) is 4.15. The Kier molecular flexibility index (Phi) is 2.20. The average Bonchev–Trinajstić information content (AvgIpc) is 3.02. The third kappa shape index (κ3) is 1.47. The maximum Gasteiger partial charge on any atom is 0.115 e. The van der Waals surface area contributed by atoms with Crippen molar-refractivity contribution in [2.24, 2.45) is 0 Å². The van der Waals surface area contributed by atoms with E-state index >= 15 is 0 Å². The number of aryl methyl sites for hydroxylation is 1. The molecule has 1 aromatic heterocycles. The fraction of sp³-hybridized carbons (Fsp3) is 0.333. The van der Waals surface area contributed by atoms with Crippen LogP contribution in [0.5, 0.6) is 0 Å². The van der Waals surface area contributed by atoms with Crippen LogP contribution in [0, 0.1) is 0 Å². The Morgan fingerprint density at radius 3 is 3.00 bits per heavy atom. The van der Waals surface area contributed by atoms with E-state index in [0.29, 0.717) is 6.04 Å². The SMILES string of the molecule is c1ccc2c(c1)CCC2N1Cc2cncnc2C1. The van der Waals surface area contributed by atoms with Crippen LogP contribution in [0.2, 0.25) is 0 Å². The Morgan fingerprint density at radius 2 is 2.06 bits per heavy atom. The molecule has 18 heavy (non-hydrogen) atoms. The number of hydrogen-bond donors (Lipinski definition) is 0. The quantitative estimate of drug-likeness (QED) is 0.763. The molecule has 0 amide bonds. The van der Waals surface area contributed by atoms with Crippen molar-refractivity contribution in [2.75, 3.05) is 0 Å². The summed E-state index contributed by atoms with van der Waals surface area (Å²) < 4.78 is 0. The lowest BCUT2D eigenvalue weighted by molar-refractivity contribution is 0.199. The third-order valence-electron chi connectivity index (χ3n) is 4.15. The first kappa shape index (κ1) is 10.2. The summed E-state index contributed by atoms with van der Waals surface area (Å²) >= 11 is 0. The van der Waals surface area contributed by atoms with Gasteiger partial charge in [-0.15, -0.1) is 0 Å². The van der Waals surface area contributed by atoms with Gasteiger partial charge in [-0.2, -0.15) is 0 Å². The molecule has 0 N–H and O–H groups in total. The highest BCUT2D eigenvalue weighted by molar-refractivity contribution is 5.35. The van der Waals surface area contributed by atoms with E-state index in [1.54, 1.807) is 6.33 Å². The number of aromatic nitrogens is 2. The predicted molar refractivity (Wildman–Crippen MR) is 68.8 cm³/mol. The topological polar surface area (TPSA) is 29.0 Å². The van der Waals surface area contributed by atoms with Crippen molar-refractivity contribution in [1.82, 2.24) is 14.9 Å². The Hall–Kier alpha value is -1.74. The van der Waals surface area contributed by atoms with Crippen molar-refractivity contribution >= 4 is 0 Å². The molecule has 3 nitrogen and oxygen atoms in total. The largest absolute Gasteiger partial charge is 0.286 e. The van der Waals surface area contributed by atoms with E-state index in [4.69, 9.17) is 0 Å². The molecule has 0 spiro atoms. The maximum absolute atomic E-state index is 4.38. The fourth-order valence-corrected chi connectivity index (χ4v) is 3.26. The summed E-state index contributed by atoms with van der Waals surface area (Å²) in [5.74, 6) is 0. The minimum atomic E-state index is 0.565. The van der Waals surface area contributed by atoms with Crippen LogP contribution in [0.15, 0.2) is 36.8 Å². The summed E-state index contributed by atoms with van der Waals surface area (Å²) in [6, 6.07) is 9.40. The molecular formula is C15H15N3. The van der Waals surface area contributed by atoms with Gasteiger partial charge in [-0.05, 0) is 24.0 Å². The van der Waals surface area contributed by atoms with Gasteiger partial charge in [0.05, 0.1) is 5.69 Å². The van der Waals surface area contributed by atoms with Crippen LogP contribution in [-0.2, 0) is 19.5 Å². The van der Waals surface area contributed by atoms with Gasteiger partial charge in [0.25, 0.3) is 0 Å². The Balaban J connectivity index is 1.65. The van der Waals surface area contributed by atoms with Gasteiger partial charge < -0.3 is 0 Å². The normalized spacial score (nSPS) is 21.9. The fourth-order valence-electron chi connectivity index (χ4n) is 3.26. The molecule has 1 aromatic carbocycles. The highest BCUT2D eigenvalue weighted by Gasteiger charge is 2.31. The van der Waals surface area contributed by atoms with Gasteiger partial charge in [-0.3, -0.25) is 4.90 Å². The number of nitrogens with zero attached hydrogens (tertiary/aromatic N) is 3. The molecule has 0 bridgehead atoms. The summed E-state index contributed by atoms with van der Waals surface area (Å²) in [6.45, 7) is 1.96. The van der Waals surface area contributed by atoms with Gasteiger partial charge in [0, 0.05) is 30.9 Å². The molecule has 2 aromatic rings. The number of fused-ring (bicyclic) bond motifs is 2. The first-order valence-electron chi connectivity index (χ1n) is 6.51. The first-order valence-corrected chi connectivity index (χ1v) is 6.51. The van der Waals surface area contributed by atoms with Crippen molar-refractivity contribution in [2.45, 2.75) is 32.0 Å². The molecule has 4 rings (SSSR count). The molecule has 1 aliphatic heterocycles. The zero-order chi connectivity index (χ0) is 11.9. The summed E-state index contributed by atoms with van der Waals surface area (Å²) in [5.41, 5.74) is 5.53. The predicted octanol–water partition coefficient (Wildman–Crippen LogP) is 2.48. The van der Waals surface area contributed by atoms with Crippen LogP contribution in [-0.4, -0.2) is 14.9 Å². The van der Waals surface area contributed by atoms with E-state index in [1.807, 2.05) is 6.20 Å². The van der Waals surface area contributed by atoms with Gasteiger partial charge in [0.1, 0.15) is 6.33 Å². The van der Waals surface area contributed by atoms with E-state index in [9.17, 15) is 0 Å². The summed E-state index contributed by atoms with van der Waals surface area (Å²) in [6.07, 6.45) is 6.06. The van der Waals surface area contributed by atoms with Crippen molar-refractivity contribution in [3.8, 4) is 0 Å². The lowest BCUT2D eigenvalue weighted by Gasteiger charge is -2.23. The van der Waals surface area contributed by atoms with Gasteiger partial charge >= 0.3 is 0 Å². The molecule has 2 heterocycles. The molecular weight excluding hydrogens is 222 g/mol. The minimum Gasteiger partial charge on any atom is -0.286 e. The number of benzene rings is 1. The number of hydrogen-bond acceptors (Lipinski definition) is 3. The van der Waals surface area contributed by atoms with E-state index in [-0.39, 0.29) is 0 Å². The van der Waals surface area contributed by atoms with E-state index in [1.165, 1.54) is 35.2 Å². The Labute approximate surface area is 107 Å². The molecule has 0 radical (unpaired) electrons. The van der Waals surface area contributed by atoms with Crippen LogP contribution in [0.3, 0.4) is 0 Å². The second-order valence-corrected chi connectivity index (χ2v) is 5.15. The van der Waals surface area contributed by atoms with Crippen LogP contribution >= 0.6 is 0 Å². The second-order valence-electron chi connectivity index (χ2n) is 5.15. The van der Waals surface area contributed by atoms with E-state index in [0.717, 1.165) is 13.1 Å². The van der Waals surface area contributed by atoms with Crippen LogP contribution < -0.4 is 0 Å². The molecule has 0 saturated carbocycles. The maximum atomic E-state index is 4.38. The molecule has 1 atom stereocenters. The van der Waals surface area contributed by atoms with Crippen molar-refractivity contribution < 1.29 is 0 Å². The Bertz CT molecular complexity index is 569. The van der Waals surface area contributed by atoms with Gasteiger partial charge in [0.15, 0.2) is 0 Å². The highest BCUT2D eigenvalue weighted by atomic mass is 15.2. The van der Waals surface area contributed by atoms with Crippen LogP contribution in [0.1, 0.15) is 34.8 Å². The summed E-state index contributed by atoms with van der Waals surface area (Å²) in [7, 11) is 0. The molecule has 0 fully saturated rings. The average molecular weight is 237 g/mol. The zero-order valence-electron chi connectivity index (χ0n) is 10.2. The van der Waals surface area contributed by atoms with Gasteiger partial charge in [-0.25, -0.2) is 9.97 Å². The highest BCUT2D eigenvalue weighted by Crippen LogP contribution is 2.39. The van der Waals surface area contributed by atoms with E-state index in [2.05, 4.69) is 39.1 Å². The zero-order valence-corrected chi connectivity index (χ0v) is 10.2. The minimum absolute atomic E-state index is 0.565. The molecule has 1 aliphatic carbocycles. The van der Waals surface area contributed by atoms with Gasteiger partial charge in [-0.1, -0.05) is 24.3 Å². The van der Waals surface area contributed by atoms with Crippen LogP contribution in [0.25, 0.3) is 0 Å². The van der Waals surface area contributed by atoms with Crippen molar-refractivity contribution in [3.63, 3.8) is 0 Å². The lowest BCUT2D eigenvalue weighted by atomic mass is 10.1. The Morgan fingerprint density at radius 1 is 1.11 bits per heavy atom. The van der Waals surface area contributed by atoms with Crippen molar-refractivity contribution in [1.29, 1.82) is 0 Å². The molecule has 2 aliphatic rings. The number of rotatable bonds is 1. The van der Waals surface area contributed by atoms with Gasteiger partial charge in [0.2, 0.25) is 0 Å². The standard InChI is InChI=1S/C15H15N3/c1-2-4-13-11(3-1)5-6-15(13)18-8-12-7-16-10-17-14(12)9-18/h1-4,7,10,15H,5-6,8-9H2. The van der Waals surface area contributed by atoms with E-state index < -0.39 is 0 Å². The molecule has 90 valence electrons. The summed E-state index contributed by atoms with van der Waals surface area (Å²) in [4.78, 5) is 11.0. The lowest BCUT2D eigenvalue weighted by Crippen LogP contribution is -2.21.